The molecule has 2 atom stereocenters. The molecule has 4 nitrogen and oxygen atoms in total. The Labute approximate surface area is 91.3 Å². The SMILES string of the molecule is CC.C[C@@H]1CCN(c2ccn[nH]2)C[C@@H]1O. The van der Waals surface area contributed by atoms with E-state index in [-0.39, 0.29) is 6.10 Å². The fourth-order valence-electron chi connectivity index (χ4n) is 1.69. The lowest BCUT2D eigenvalue weighted by Crippen LogP contribution is -2.43. The molecule has 1 aromatic heterocycles. The van der Waals surface area contributed by atoms with Crippen molar-refractivity contribution in [3.63, 3.8) is 0 Å². The molecule has 2 N–H and O–H groups in total. The van der Waals surface area contributed by atoms with Gasteiger partial charge in [-0.25, -0.2) is 0 Å². The maximum absolute atomic E-state index is 9.67. The van der Waals surface area contributed by atoms with Crippen LogP contribution in [0.25, 0.3) is 0 Å². The summed E-state index contributed by atoms with van der Waals surface area (Å²) in [6.07, 6.45) is 2.57. The second-order valence-electron chi connectivity index (χ2n) is 3.72. The Morgan fingerprint density at radius 1 is 1.53 bits per heavy atom. The van der Waals surface area contributed by atoms with Gasteiger partial charge in [0.2, 0.25) is 0 Å². The van der Waals surface area contributed by atoms with Crippen LogP contribution in [0.3, 0.4) is 0 Å². The third-order valence-corrected chi connectivity index (χ3v) is 2.75. The molecule has 1 aliphatic rings. The molecule has 1 aromatic rings. The van der Waals surface area contributed by atoms with Crippen LogP contribution in [0.5, 0.6) is 0 Å². The van der Waals surface area contributed by atoms with Gasteiger partial charge in [-0.2, -0.15) is 5.10 Å². The molecule has 86 valence electrons. The van der Waals surface area contributed by atoms with Crippen molar-refractivity contribution in [3.8, 4) is 0 Å². The van der Waals surface area contributed by atoms with Crippen molar-refractivity contribution in [1.29, 1.82) is 0 Å². The van der Waals surface area contributed by atoms with Crippen LogP contribution in [0.4, 0.5) is 5.82 Å². The molecular formula is C11H21N3O. The van der Waals surface area contributed by atoms with Gasteiger partial charge in [-0.15, -0.1) is 0 Å². The molecule has 0 radical (unpaired) electrons. The number of aromatic nitrogens is 2. The topological polar surface area (TPSA) is 52.2 Å². The lowest BCUT2D eigenvalue weighted by Gasteiger charge is -2.34. The van der Waals surface area contributed by atoms with E-state index in [0.29, 0.717) is 12.5 Å². The van der Waals surface area contributed by atoms with E-state index in [2.05, 4.69) is 22.0 Å². The van der Waals surface area contributed by atoms with Gasteiger partial charge >= 0.3 is 0 Å². The number of aliphatic hydroxyl groups excluding tert-OH is 1. The minimum absolute atomic E-state index is 0.211. The minimum atomic E-state index is -0.211. The van der Waals surface area contributed by atoms with Gasteiger partial charge in [0.1, 0.15) is 5.82 Å². The fraction of sp³-hybridized carbons (Fsp3) is 0.727. The monoisotopic (exact) mass is 211 g/mol. The zero-order valence-electron chi connectivity index (χ0n) is 9.77. The third kappa shape index (κ3) is 2.96. The first-order chi connectivity index (χ1) is 7.27. The maximum atomic E-state index is 9.67. The van der Waals surface area contributed by atoms with Crippen LogP contribution in [0.1, 0.15) is 27.2 Å². The fourth-order valence-corrected chi connectivity index (χ4v) is 1.69. The van der Waals surface area contributed by atoms with Gasteiger partial charge in [0, 0.05) is 19.2 Å². The number of anilines is 1. The van der Waals surface area contributed by atoms with Gasteiger partial charge in [0.05, 0.1) is 12.3 Å². The lowest BCUT2D eigenvalue weighted by molar-refractivity contribution is 0.102. The van der Waals surface area contributed by atoms with Crippen LogP contribution in [0.2, 0.25) is 0 Å². The highest BCUT2D eigenvalue weighted by atomic mass is 16.3. The first kappa shape index (κ1) is 12.0. The Kier molecular flexibility index (Phi) is 4.62. The summed E-state index contributed by atoms with van der Waals surface area (Å²) in [4.78, 5) is 2.14. The molecule has 0 aromatic carbocycles. The van der Waals surface area contributed by atoms with E-state index in [1.54, 1.807) is 6.20 Å². The van der Waals surface area contributed by atoms with E-state index in [9.17, 15) is 5.11 Å². The molecule has 0 unspecified atom stereocenters. The second-order valence-corrected chi connectivity index (χ2v) is 3.72. The zero-order valence-corrected chi connectivity index (χ0v) is 9.77. The van der Waals surface area contributed by atoms with Crippen LogP contribution in [0.15, 0.2) is 12.3 Å². The number of rotatable bonds is 1. The number of nitrogens with one attached hydrogen (secondary N) is 1. The number of piperidine rings is 1. The summed E-state index contributed by atoms with van der Waals surface area (Å²) in [7, 11) is 0. The quantitative estimate of drug-likeness (QED) is 0.742. The van der Waals surface area contributed by atoms with Crippen molar-refractivity contribution in [1.82, 2.24) is 10.2 Å². The summed E-state index contributed by atoms with van der Waals surface area (Å²) in [6.45, 7) is 7.80. The number of hydrogen-bond acceptors (Lipinski definition) is 3. The van der Waals surface area contributed by atoms with E-state index < -0.39 is 0 Å². The van der Waals surface area contributed by atoms with Crippen LogP contribution in [-0.4, -0.2) is 34.5 Å². The molecule has 0 bridgehead atoms. The molecular weight excluding hydrogens is 190 g/mol. The largest absolute Gasteiger partial charge is 0.391 e. The molecule has 1 saturated heterocycles. The smallest absolute Gasteiger partial charge is 0.124 e. The lowest BCUT2D eigenvalue weighted by atomic mass is 9.96. The van der Waals surface area contributed by atoms with E-state index in [1.807, 2.05) is 19.9 Å². The predicted octanol–water partition coefficient (Wildman–Crippen LogP) is 1.64. The van der Waals surface area contributed by atoms with Crippen LogP contribution in [-0.2, 0) is 0 Å². The van der Waals surface area contributed by atoms with Gasteiger partial charge in [-0.3, -0.25) is 5.10 Å². The van der Waals surface area contributed by atoms with Gasteiger partial charge < -0.3 is 10.0 Å². The van der Waals surface area contributed by atoms with Crippen LogP contribution < -0.4 is 4.90 Å². The Hall–Kier alpha value is -1.03. The molecule has 2 heterocycles. The van der Waals surface area contributed by atoms with Crippen molar-refractivity contribution < 1.29 is 5.11 Å². The van der Waals surface area contributed by atoms with E-state index in [1.165, 1.54) is 0 Å². The van der Waals surface area contributed by atoms with Gasteiger partial charge in [-0.1, -0.05) is 20.8 Å². The highest BCUT2D eigenvalue weighted by Crippen LogP contribution is 2.20. The summed E-state index contributed by atoms with van der Waals surface area (Å²) in [5.41, 5.74) is 0. The molecule has 0 aliphatic carbocycles. The van der Waals surface area contributed by atoms with Crippen molar-refractivity contribution in [2.45, 2.75) is 33.3 Å². The highest BCUT2D eigenvalue weighted by molar-refractivity contribution is 5.37. The van der Waals surface area contributed by atoms with Gasteiger partial charge in [0.15, 0.2) is 0 Å². The molecule has 4 heteroatoms. The maximum Gasteiger partial charge on any atom is 0.124 e. The van der Waals surface area contributed by atoms with Crippen molar-refractivity contribution in [3.05, 3.63) is 12.3 Å². The Bertz CT molecular complexity index is 261. The third-order valence-electron chi connectivity index (χ3n) is 2.75. The Morgan fingerprint density at radius 2 is 2.27 bits per heavy atom. The van der Waals surface area contributed by atoms with E-state index in [0.717, 1.165) is 18.8 Å². The molecule has 1 aliphatic heterocycles. The zero-order chi connectivity index (χ0) is 11.3. The minimum Gasteiger partial charge on any atom is -0.391 e. The number of aliphatic hydroxyl groups is 1. The first-order valence-electron chi connectivity index (χ1n) is 5.70. The average Bonchev–Trinajstić information content (AvgIpc) is 2.78. The summed E-state index contributed by atoms with van der Waals surface area (Å²) < 4.78 is 0. The molecule has 1 fully saturated rings. The molecule has 0 saturated carbocycles. The van der Waals surface area contributed by atoms with Crippen molar-refractivity contribution >= 4 is 5.82 Å². The predicted molar refractivity (Wildman–Crippen MR) is 61.9 cm³/mol. The summed E-state index contributed by atoms with van der Waals surface area (Å²) in [5.74, 6) is 1.42. The normalized spacial score (nSPS) is 25.7. The van der Waals surface area contributed by atoms with Gasteiger partial charge in [0.25, 0.3) is 0 Å². The van der Waals surface area contributed by atoms with E-state index in [4.69, 9.17) is 0 Å². The standard InChI is InChI=1S/C9H15N3O.C2H6/c1-7-3-5-12(6-8(7)13)9-2-4-10-11-9;1-2/h2,4,7-8,13H,3,5-6H2,1H3,(H,10,11);1-2H3/t7-,8+;/m1./s1. The Balaban J connectivity index is 0.000000531. The molecule has 0 amide bonds. The number of H-pyrrole nitrogens is 1. The van der Waals surface area contributed by atoms with Crippen LogP contribution in [0, 0.1) is 5.92 Å². The molecule has 0 spiro atoms. The second kappa shape index (κ2) is 5.75. The Morgan fingerprint density at radius 3 is 2.80 bits per heavy atom. The summed E-state index contributed by atoms with van der Waals surface area (Å²) in [5, 5.41) is 16.5. The van der Waals surface area contributed by atoms with Crippen LogP contribution >= 0.6 is 0 Å². The summed E-state index contributed by atoms with van der Waals surface area (Å²) in [6, 6.07) is 1.93. The van der Waals surface area contributed by atoms with Crippen molar-refractivity contribution in [2.24, 2.45) is 5.92 Å². The number of hydrogen-bond donors (Lipinski definition) is 2. The average molecular weight is 211 g/mol. The van der Waals surface area contributed by atoms with Gasteiger partial charge in [-0.05, 0) is 12.3 Å². The molecule has 2 rings (SSSR count). The summed E-state index contributed by atoms with van der Waals surface area (Å²) >= 11 is 0. The number of aromatic amines is 1. The first-order valence-corrected chi connectivity index (χ1v) is 5.70. The van der Waals surface area contributed by atoms with Crippen molar-refractivity contribution in [2.75, 3.05) is 18.0 Å². The number of β-amino-alcohol motifs (C(OH)–C–C–N with tert-alkyl or cyclic N) is 1. The van der Waals surface area contributed by atoms with E-state index >= 15 is 0 Å². The highest BCUT2D eigenvalue weighted by Gasteiger charge is 2.24. The molecule has 15 heavy (non-hydrogen) atoms. The number of nitrogens with zero attached hydrogens (tertiary/aromatic N) is 2.